The molecule has 1 aliphatic carbocycles. The average molecular weight is 306 g/mol. The van der Waals surface area contributed by atoms with E-state index in [4.69, 9.17) is 4.74 Å². The van der Waals surface area contributed by atoms with Gasteiger partial charge in [0.05, 0.1) is 6.61 Å². The van der Waals surface area contributed by atoms with Crippen LogP contribution in [0.1, 0.15) is 51.5 Å². The Kier molecular flexibility index (Phi) is 6.17. The summed E-state index contributed by atoms with van der Waals surface area (Å²) in [6.45, 7) is 4.20. The topological polar surface area (TPSA) is 9.23 Å². The molecule has 3 heteroatoms. The molecule has 0 fully saturated rings. The molecule has 0 N–H and O–H groups in total. The lowest BCUT2D eigenvalue weighted by Gasteiger charge is -2.21. The number of ether oxygens (including phenoxy) is 1. The highest BCUT2D eigenvalue weighted by molar-refractivity contribution is 5.67. The highest BCUT2D eigenvalue weighted by Gasteiger charge is 2.20. The molecule has 0 radical (unpaired) electrons. The van der Waals surface area contributed by atoms with Crippen LogP contribution in [-0.4, -0.2) is 6.61 Å². The zero-order valence-corrected chi connectivity index (χ0v) is 13.4. The van der Waals surface area contributed by atoms with Crippen LogP contribution in [0.4, 0.5) is 8.78 Å². The molecule has 0 aromatic heterocycles. The lowest BCUT2D eigenvalue weighted by atomic mass is 9.84. The van der Waals surface area contributed by atoms with Crippen molar-refractivity contribution in [2.75, 3.05) is 6.61 Å². The third kappa shape index (κ3) is 3.96. The number of allylic oxidation sites excluding steroid dienone is 4. The molecule has 1 aromatic rings. The van der Waals surface area contributed by atoms with Crippen molar-refractivity contribution in [1.82, 2.24) is 0 Å². The number of hydrogen-bond donors (Lipinski definition) is 0. The second-order valence-corrected chi connectivity index (χ2v) is 5.66. The van der Waals surface area contributed by atoms with Crippen LogP contribution in [0.25, 0.3) is 5.57 Å². The minimum atomic E-state index is -0.881. The minimum absolute atomic E-state index is 0.0114. The van der Waals surface area contributed by atoms with E-state index in [1.165, 1.54) is 6.07 Å². The minimum Gasteiger partial charge on any atom is -0.491 e. The maximum atomic E-state index is 14.2. The van der Waals surface area contributed by atoms with Gasteiger partial charge in [-0.25, -0.2) is 4.39 Å². The quantitative estimate of drug-likeness (QED) is 0.594. The molecule has 120 valence electrons. The standard InChI is InChI=1S/C19H24F2O/c1-3-5-6-7-14-8-10-15(11-9-14)16-12-13-17(22-4-2)19(21)18(16)20/h5-6,10,12-14H,3-4,7-9,11H2,1-2H3. The molecular formula is C19H24F2O. The molecule has 1 nitrogen and oxygen atoms in total. The van der Waals surface area contributed by atoms with Gasteiger partial charge in [0.15, 0.2) is 11.6 Å². The normalized spacial score (nSPS) is 18.5. The Balaban J connectivity index is 2.10. The molecule has 0 amide bonds. The molecule has 1 aliphatic rings. The summed E-state index contributed by atoms with van der Waals surface area (Å²) in [5.74, 6) is -1.07. The summed E-state index contributed by atoms with van der Waals surface area (Å²) < 4.78 is 33.2. The van der Waals surface area contributed by atoms with Gasteiger partial charge in [-0.1, -0.05) is 25.2 Å². The van der Waals surface area contributed by atoms with E-state index in [1.807, 2.05) is 0 Å². The second-order valence-electron chi connectivity index (χ2n) is 5.66. The Morgan fingerprint density at radius 2 is 2.00 bits per heavy atom. The Hall–Kier alpha value is -1.64. The third-order valence-electron chi connectivity index (χ3n) is 4.08. The van der Waals surface area contributed by atoms with E-state index in [0.717, 1.165) is 37.7 Å². The van der Waals surface area contributed by atoms with Crippen molar-refractivity contribution >= 4 is 5.57 Å². The molecule has 22 heavy (non-hydrogen) atoms. The molecular weight excluding hydrogens is 282 g/mol. The molecule has 0 saturated carbocycles. The van der Waals surface area contributed by atoms with Crippen molar-refractivity contribution in [2.45, 2.75) is 46.0 Å². The summed E-state index contributed by atoms with van der Waals surface area (Å²) in [6, 6.07) is 3.15. The van der Waals surface area contributed by atoms with Crippen molar-refractivity contribution in [1.29, 1.82) is 0 Å². The van der Waals surface area contributed by atoms with Crippen LogP contribution >= 0.6 is 0 Å². The smallest absolute Gasteiger partial charge is 0.201 e. The van der Waals surface area contributed by atoms with Crippen LogP contribution in [0.15, 0.2) is 30.4 Å². The molecule has 2 rings (SSSR count). The fraction of sp³-hybridized carbons (Fsp3) is 0.474. The fourth-order valence-electron chi connectivity index (χ4n) is 2.85. The van der Waals surface area contributed by atoms with Gasteiger partial charge in [-0.3, -0.25) is 0 Å². The van der Waals surface area contributed by atoms with Crippen molar-refractivity contribution < 1.29 is 13.5 Å². The van der Waals surface area contributed by atoms with E-state index in [-0.39, 0.29) is 5.75 Å². The van der Waals surface area contributed by atoms with Crippen molar-refractivity contribution in [3.05, 3.63) is 47.6 Å². The van der Waals surface area contributed by atoms with Gasteiger partial charge >= 0.3 is 0 Å². The molecule has 0 spiro atoms. The molecule has 0 bridgehead atoms. The monoisotopic (exact) mass is 306 g/mol. The Morgan fingerprint density at radius 3 is 2.64 bits per heavy atom. The molecule has 0 saturated heterocycles. The maximum absolute atomic E-state index is 14.2. The molecule has 1 aromatic carbocycles. The van der Waals surface area contributed by atoms with Crippen LogP contribution < -0.4 is 4.74 Å². The van der Waals surface area contributed by atoms with Gasteiger partial charge in [-0.05, 0) is 62.7 Å². The molecule has 1 unspecified atom stereocenters. The van der Waals surface area contributed by atoms with Crippen molar-refractivity contribution in [2.24, 2.45) is 5.92 Å². The van der Waals surface area contributed by atoms with Crippen LogP contribution in [0, 0.1) is 17.6 Å². The third-order valence-corrected chi connectivity index (χ3v) is 4.08. The van der Waals surface area contributed by atoms with E-state index in [2.05, 4.69) is 25.2 Å². The van der Waals surface area contributed by atoms with E-state index in [1.54, 1.807) is 13.0 Å². The van der Waals surface area contributed by atoms with Gasteiger partial charge in [0.1, 0.15) is 0 Å². The van der Waals surface area contributed by atoms with E-state index >= 15 is 0 Å². The summed E-state index contributed by atoms with van der Waals surface area (Å²) in [6.07, 6.45) is 11.3. The fourth-order valence-corrected chi connectivity index (χ4v) is 2.85. The van der Waals surface area contributed by atoms with E-state index in [0.29, 0.717) is 18.1 Å². The first-order valence-electron chi connectivity index (χ1n) is 8.12. The molecule has 0 heterocycles. The average Bonchev–Trinajstić information content (AvgIpc) is 2.53. The summed E-state index contributed by atoms with van der Waals surface area (Å²) in [5.41, 5.74) is 1.29. The Bertz CT molecular complexity index is 561. The number of benzene rings is 1. The summed E-state index contributed by atoms with van der Waals surface area (Å²) >= 11 is 0. The molecule has 0 aliphatic heterocycles. The summed E-state index contributed by atoms with van der Waals surface area (Å²) in [4.78, 5) is 0. The predicted octanol–water partition coefficient (Wildman–Crippen LogP) is 5.90. The Morgan fingerprint density at radius 1 is 1.18 bits per heavy atom. The zero-order valence-electron chi connectivity index (χ0n) is 13.4. The van der Waals surface area contributed by atoms with Gasteiger partial charge in [0, 0.05) is 5.56 Å². The van der Waals surface area contributed by atoms with Crippen molar-refractivity contribution in [3.8, 4) is 5.75 Å². The first-order chi connectivity index (χ1) is 10.7. The SMILES string of the molecule is CCC=CCC1CC=C(c2ccc(OCC)c(F)c2F)CC1. The largest absolute Gasteiger partial charge is 0.491 e. The van der Waals surface area contributed by atoms with Gasteiger partial charge in [-0.15, -0.1) is 0 Å². The lowest BCUT2D eigenvalue weighted by molar-refractivity contribution is 0.314. The van der Waals surface area contributed by atoms with Gasteiger partial charge < -0.3 is 4.74 Å². The van der Waals surface area contributed by atoms with Crippen molar-refractivity contribution in [3.63, 3.8) is 0 Å². The van der Waals surface area contributed by atoms with E-state index in [9.17, 15) is 8.78 Å². The van der Waals surface area contributed by atoms with Gasteiger partial charge in [-0.2, -0.15) is 4.39 Å². The molecule has 1 atom stereocenters. The van der Waals surface area contributed by atoms with Gasteiger partial charge in [0.25, 0.3) is 0 Å². The van der Waals surface area contributed by atoms with Crippen LogP contribution in [0.2, 0.25) is 0 Å². The van der Waals surface area contributed by atoms with E-state index < -0.39 is 11.6 Å². The number of rotatable bonds is 6. The van der Waals surface area contributed by atoms with Crippen LogP contribution in [0.5, 0.6) is 5.75 Å². The highest BCUT2D eigenvalue weighted by Crippen LogP contribution is 2.35. The first kappa shape index (κ1) is 16.7. The maximum Gasteiger partial charge on any atom is 0.201 e. The number of halogens is 2. The number of hydrogen-bond acceptors (Lipinski definition) is 1. The van der Waals surface area contributed by atoms with Gasteiger partial charge in [0.2, 0.25) is 5.82 Å². The predicted molar refractivity (Wildman–Crippen MR) is 86.9 cm³/mol. The zero-order chi connectivity index (χ0) is 15.9. The first-order valence-corrected chi connectivity index (χ1v) is 8.12. The lowest BCUT2D eigenvalue weighted by Crippen LogP contribution is -2.06. The summed E-state index contributed by atoms with van der Waals surface area (Å²) in [5, 5.41) is 0. The van der Waals surface area contributed by atoms with Crippen LogP contribution in [0.3, 0.4) is 0 Å². The second kappa shape index (κ2) is 8.11. The Labute approximate surface area is 131 Å². The summed E-state index contributed by atoms with van der Waals surface area (Å²) in [7, 11) is 0. The highest BCUT2D eigenvalue weighted by atomic mass is 19.2. The van der Waals surface area contributed by atoms with Crippen LogP contribution in [-0.2, 0) is 0 Å².